The van der Waals surface area contributed by atoms with Crippen LogP contribution in [0.3, 0.4) is 0 Å². The van der Waals surface area contributed by atoms with Crippen molar-refractivity contribution in [2.45, 2.75) is 55.1 Å². The van der Waals surface area contributed by atoms with Crippen LogP contribution in [-0.4, -0.2) is 56.5 Å². The molecule has 0 spiro atoms. The zero-order valence-electron chi connectivity index (χ0n) is 20.3. The number of alkyl halides is 1. The van der Waals surface area contributed by atoms with E-state index in [4.69, 9.17) is 16.3 Å². The van der Waals surface area contributed by atoms with Crippen LogP contribution in [0.5, 0.6) is 0 Å². The van der Waals surface area contributed by atoms with Gasteiger partial charge < -0.3 is 20.1 Å². The van der Waals surface area contributed by atoms with Gasteiger partial charge in [-0.3, -0.25) is 4.79 Å². The second-order valence-corrected chi connectivity index (χ2v) is 11.8. The number of carbonyl (C=O) groups excluding carboxylic acids is 1. The van der Waals surface area contributed by atoms with Crippen molar-refractivity contribution < 1.29 is 31.8 Å². The summed E-state index contributed by atoms with van der Waals surface area (Å²) in [6, 6.07) is 6.68. The first-order valence-electron chi connectivity index (χ1n) is 11.6. The molecule has 2 aliphatic rings. The van der Waals surface area contributed by atoms with E-state index >= 15 is 8.78 Å². The molecule has 1 fully saturated rings. The first-order valence-corrected chi connectivity index (χ1v) is 13.9. The van der Waals surface area contributed by atoms with Gasteiger partial charge in [-0.25, -0.2) is 17.2 Å². The molecule has 2 aromatic rings. The number of aliphatic hydroxyl groups is 1. The molecule has 0 aliphatic carbocycles. The van der Waals surface area contributed by atoms with Crippen LogP contribution < -0.4 is 5.32 Å². The van der Waals surface area contributed by atoms with Crippen molar-refractivity contribution in [1.82, 2.24) is 10.2 Å². The number of nitrogens with zero attached hydrogens (tertiary/aromatic N) is 1. The van der Waals surface area contributed by atoms with Crippen LogP contribution in [0.4, 0.5) is 8.78 Å². The van der Waals surface area contributed by atoms with Crippen LogP contribution in [0.1, 0.15) is 59.5 Å². The van der Waals surface area contributed by atoms with E-state index in [1.54, 1.807) is 6.92 Å². The largest absolute Gasteiger partial charge is 0.382 e. The molecule has 2 atom stereocenters. The van der Waals surface area contributed by atoms with Crippen molar-refractivity contribution in [3.63, 3.8) is 0 Å². The number of fused-ring (bicyclic) bond motifs is 1. The number of sulfone groups is 1. The van der Waals surface area contributed by atoms with Gasteiger partial charge in [-0.2, -0.15) is 0 Å². The second-order valence-electron chi connectivity index (χ2n) is 9.39. The molecule has 0 bridgehead atoms. The van der Waals surface area contributed by atoms with Crippen molar-refractivity contribution in [2.24, 2.45) is 0 Å². The van der Waals surface area contributed by atoms with Crippen molar-refractivity contribution in [3.8, 4) is 0 Å². The predicted octanol–water partition coefficient (Wildman–Crippen LogP) is 3.87. The summed E-state index contributed by atoms with van der Waals surface area (Å²) in [4.78, 5) is 14.6. The Bertz CT molecular complexity index is 1300. The van der Waals surface area contributed by atoms with Crippen molar-refractivity contribution in [1.29, 1.82) is 0 Å². The zero-order chi connectivity index (χ0) is 26.5. The van der Waals surface area contributed by atoms with Gasteiger partial charge in [-0.05, 0) is 67.7 Å². The number of nitrogens with one attached hydrogen (secondary N) is 1. The van der Waals surface area contributed by atoms with E-state index in [9.17, 15) is 18.3 Å². The van der Waals surface area contributed by atoms with E-state index in [0.717, 1.165) is 12.3 Å². The smallest absolute Gasteiger partial charge is 0.257 e. The van der Waals surface area contributed by atoms with Crippen molar-refractivity contribution >= 4 is 27.3 Å². The van der Waals surface area contributed by atoms with E-state index in [1.165, 1.54) is 36.3 Å². The molecule has 2 heterocycles. The number of hydrogen-bond acceptors (Lipinski definition) is 6. The minimum Gasteiger partial charge on any atom is -0.382 e. The van der Waals surface area contributed by atoms with Gasteiger partial charge in [-0.15, -0.1) is 0 Å². The summed E-state index contributed by atoms with van der Waals surface area (Å²) in [6.07, 6.45) is -0.0432. The van der Waals surface area contributed by atoms with Crippen LogP contribution in [0, 0.1) is 5.82 Å². The van der Waals surface area contributed by atoms with Gasteiger partial charge >= 0.3 is 0 Å². The van der Waals surface area contributed by atoms with Crippen molar-refractivity contribution in [2.75, 3.05) is 26.5 Å². The maximum atomic E-state index is 16.0. The molecule has 11 heteroatoms. The van der Waals surface area contributed by atoms with Crippen LogP contribution in [0.25, 0.3) is 0 Å². The van der Waals surface area contributed by atoms with Gasteiger partial charge in [0.05, 0.1) is 17.0 Å². The second kappa shape index (κ2) is 9.64. The molecule has 0 radical (unpaired) electrons. The minimum absolute atomic E-state index is 0.0148. The Morgan fingerprint density at radius 3 is 2.53 bits per heavy atom. The molecule has 7 nitrogen and oxygen atoms in total. The predicted molar refractivity (Wildman–Crippen MR) is 131 cm³/mol. The third kappa shape index (κ3) is 4.43. The number of benzene rings is 2. The lowest BCUT2D eigenvalue weighted by molar-refractivity contribution is -0.127. The monoisotopic (exact) mass is 542 g/mol. The number of rotatable bonds is 7. The third-order valence-electron chi connectivity index (χ3n) is 7.27. The summed E-state index contributed by atoms with van der Waals surface area (Å²) in [5, 5.41) is 14.8. The Balaban J connectivity index is 1.78. The number of halogens is 3. The van der Waals surface area contributed by atoms with E-state index in [-0.39, 0.29) is 58.0 Å². The number of hydrogen-bond donors (Lipinski definition) is 2. The Morgan fingerprint density at radius 2 is 1.94 bits per heavy atom. The first kappa shape index (κ1) is 26.9. The van der Waals surface area contributed by atoms with Gasteiger partial charge in [0.15, 0.2) is 16.1 Å². The summed E-state index contributed by atoms with van der Waals surface area (Å²) >= 11 is 5.99. The Kier molecular flexibility index (Phi) is 7.22. The van der Waals surface area contributed by atoms with E-state index in [2.05, 4.69) is 5.32 Å². The maximum Gasteiger partial charge on any atom is 0.257 e. The van der Waals surface area contributed by atoms with Gasteiger partial charge in [0.2, 0.25) is 0 Å². The number of amides is 1. The zero-order valence-corrected chi connectivity index (χ0v) is 21.8. The highest BCUT2D eigenvalue weighted by Gasteiger charge is 2.53. The topological polar surface area (TPSA) is 95.9 Å². The fourth-order valence-electron chi connectivity index (χ4n) is 5.31. The third-order valence-corrected chi connectivity index (χ3v) is 8.68. The lowest BCUT2D eigenvalue weighted by atomic mass is 9.71. The van der Waals surface area contributed by atoms with E-state index in [0.29, 0.717) is 13.1 Å². The molecule has 36 heavy (non-hydrogen) atoms. The fraction of sp³-hybridized carbons (Fsp3) is 0.480. The molecule has 1 amide bonds. The average Bonchev–Trinajstić information content (AvgIpc) is 3.10. The SMILES string of the molecule is CCC(O)(c1cc(F)c2c(c1)C(=O)N(Cc1ccc(Cl)cc1S(C)(=O)=O)[C@@H]2OC)C1(F)CCNCC1. The number of piperidine rings is 1. The highest BCUT2D eigenvalue weighted by Crippen LogP contribution is 2.47. The van der Waals surface area contributed by atoms with Crippen LogP contribution in [0.15, 0.2) is 35.2 Å². The van der Waals surface area contributed by atoms with Crippen LogP contribution >= 0.6 is 11.6 Å². The lowest BCUT2D eigenvalue weighted by Crippen LogP contribution is -2.53. The van der Waals surface area contributed by atoms with Gasteiger partial charge in [0.1, 0.15) is 17.1 Å². The van der Waals surface area contributed by atoms with E-state index in [1.807, 2.05) is 0 Å². The highest BCUT2D eigenvalue weighted by molar-refractivity contribution is 7.90. The normalized spacial score (nSPS) is 21.4. The van der Waals surface area contributed by atoms with Gasteiger partial charge in [-0.1, -0.05) is 24.6 Å². The Hall–Kier alpha value is -2.11. The van der Waals surface area contributed by atoms with Crippen LogP contribution in [0.2, 0.25) is 5.02 Å². The summed E-state index contributed by atoms with van der Waals surface area (Å²) in [5.74, 6) is -1.43. The minimum atomic E-state index is -3.68. The molecular weight excluding hydrogens is 514 g/mol. The highest BCUT2D eigenvalue weighted by atomic mass is 35.5. The van der Waals surface area contributed by atoms with Crippen LogP contribution in [-0.2, 0) is 26.7 Å². The maximum absolute atomic E-state index is 16.0. The Labute approximate surface area is 214 Å². The number of ether oxygens (including phenoxy) is 1. The summed E-state index contributed by atoms with van der Waals surface area (Å²) < 4.78 is 61.6. The molecule has 2 N–H and O–H groups in total. The molecule has 4 rings (SSSR count). The molecule has 0 saturated carbocycles. The van der Waals surface area contributed by atoms with Crippen molar-refractivity contribution in [3.05, 3.63) is 63.4 Å². The summed E-state index contributed by atoms with van der Waals surface area (Å²) in [6.45, 7) is 2.16. The van der Waals surface area contributed by atoms with Gasteiger partial charge in [0.25, 0.3) is 5.91 Å². The van der Waals surface area contributed by atoms with Gasteiger partial charge in [0, 0.05) is 24.0 Å². The summed E-state index contributed by atoms with van der Waals surface area (Å²) in [5.41, 5.74) is -3.83. The summed E-state index contributed by atoms with van der Waals surface area (Å²) in [7, 11) is -2.37. The molecule has 2 aromatic carbocycles. The standard InChI is InChI=1S/C25H29ClF2N2O5S/c1-4-25(32,24(28)7-9-29-10-8-24)16-11-18-21(19(27)12-16)23(35-2)30(22(18)31)14-15-5-6-17(26)13-20(15)36(3,33)34/h5-6,11-13,23,29,32H,4,7-10,14H2,1-3H3/t23-,25?/m1/s1. The number of methoxy groups -OCH3 is 1. The molecule has 1 saturated heterocycles. The molecule has 196 valence electrons. The number of carbonyl (C=O) groups is 1. The Morgan fingerprint density at radius 1 is 1.28 bits per heavy atom. The molecule has 2 aliphatic heterocycles. The molecule has 0 aromatic heterocycles. The fourth-order valence-corrected chi connectivity index (χ4v) is 6.49. The first-order chi connectivity index (χ1) is 16.9. The quantitative estimate of drug-likeness (QED) is 0.551. The molecule has 1 unspecified atom stereocenters. The average molecular weight is 543 g/mol. The lowest BCUT2D eigenvalue weighted by Gasteiger charge is -2.44. The molecular formula is C25H29ClF2N2O5S. The van der Waals surface area contributed by atoms with E-state index < -0.39 is 39.1 Å².